The Kier molecular flexibility index (Phi) is 8.24. The first-order valence-corrected chi connectivity index (χ1v) is 7.52. The topological polar surface area (TPSA) is 67.1 Å². The zero-order chi connectivity index (χ0) is 18.4. The van der Waals surface area contributed by atoms with Crippen molar-refractivity contribution in [3.8, 4) is 0 Å². The quantitative estimate of drug-likeness (QED) is 0.296. The summed E-state index contributed by atoms with van der Waals surface area (Å²) in [6, 6.07) is 2.55. The van der Waals surface area contributed by atoms with Crippen LogP contribution in [0.3, 0.4) is 0 Å². The van der Waals surface area contributed by atoms with Crippen molar-refractivity contribution < 1.29 is 17.6 Å². The fraction of sp³-hybridized carbons (Fsp3) is 0.400. The third-order valence-electron chi connectivity index (χ3n) is 3.35. The van der Waals surface area contributed by atoms with Gasteiger partial charge in [0.15, 0.2) is 5.96 Å². The minimum atomic E-state index is -4.64. The molecule has 0 saturated carbocycles. The van der Waals surface area contributed by atoms with Crippen LogP contribution in [0.25, 0.3) is 0 Å². The standard InChI is InChI=1S/C15H18F4N6.HI/c1-3-20-14(22-8-13-23-9-24-25(13)2)21-7-10-4-5-11(16)6-12(10)15(17,18)19;/h4-6,9H,3,7-8H2,1-2H3,(H2,20,21,22);1H. The highest BCUT2D eigenvalue weighted by atomic mass is 127. The fourth-order valence-corrected chi connectivity index (χ4v) is 2.10. The Hall–Kier alpha value is -1.92. The van der Waals surface area contributed by atoms with Crippen molar-refractivity contribution in [3.63, 3.8) is 0 Å². The van der Waals surface area contributed by atoms with Gasteiger partial charge in [0.2, 0.25) is 0 Å². The number of nitrogens with one attached hydrogen (secondary N) is 2. The van der Waals surface area contributed by atoms with Crippen LogP contribution in [0, 0.1) is 5.82 Å². The SMILES string of the molecule is CCNC(=NCc1ccc(F)cc1C(F)(F)F)NCc1ncnn1C.I. The maximum absolute atomic E-state index is 13.1. The highest BCUT2D eigenvalue weighted by Gasteiger charge is 2.33. The predicted octanol–water partition coefficient (Wildman–Crippen LogP) is 2.85. The van der Waals surface area contributed by atoms with Crippen LogP contribution in [-0.4, -0.2) is 27.3 Å². The lowest BCUT2D eigenvalue weighted by Gasteiger charge is -2.13. The van der Waals surface area contributed by atoms with E-state index in [9.17, 15) is 17.6 Å². The summed E-state index contributed by atoms with van der Waals surface area (Å²) in [5.41, 5.74) is -1.13. The monoisotopic (exact) mass is 486 g/mol. The van der Waals surface area contributed by atoms with E-state index in [1.54, 1.807) is 11.7 Å². The minimum absolute atomic E-state index is 0. The second-order valence-electron chi connectivity index (χ2n) is 5.15. The van der Waals surface area contributed by atoms with Gasteiger partial charge in [0, 0.05) is 13.6 Å². The molecule has 0 aliphatic rings. The molecule has 0 radical (unpaired) electrons. The van der Waals surface area contributed by atoms with Crippen molar-refractivity contribution in [2.24, 2.45) is 12.0 Å². The van der Waals surface area contributed by atoms with Gasteiger partial charge in [-0.15, -0.1) is 24.0 Å². The summed E-state index contributed by atoms with van der Waals surface area (Å²) in [4.78, 5) is 8.17. The summed E-state index contributed by atoms with van der Waals surface area (Å²) in [6.45, 7) is 2.42. The molecule has 0 saturated heterocycles. The Bertz CT molecular complexity index is 744. The van der Waals surface area contributed by atoms with Gasteiger partial charge in [-0.1, -0.05) is 6.07 Å². The maximum atomic E-state index is 13.1. The fourth-order valence-electron chi connectivity index (χ4n) is 2.10. The molecule has 26 heavy (non-hydrogen) atoms. The molecule has 0 amide bonds. The number of aromatic nitrogens is 3. The lowest BCUT2D eigenvalue weighted by molar-refractivity contribution is -0.138. The highest BCUT2D eigenvalue weighted by molar-refractivity contribution is 14.0. The largest absolute Gasteiger partial charge is 0.416 e. The normalized spacial score (nSPS) is 11.8. The number of aliphatic imine (C=N–C) groups is 1. The molecule has 2 N–H and O–H groups in total. The number of hydrogen-bond acceptors (Lipinski definition) is 3. The Morgan fingerprint density at radius 2 is 2.00 bits per heavy atom. The van der Waals surface area contributed by atoms with Gasteiger partial charge in [0.05, 0.1) is 18.7 Å². The van der Waals surface area contributed by atoms with E-state index in [1.165, 1.54) is 6.33 Å². The summed E-state index contributed by atoms with van der Waals surface area (Å²) in [6.07, 6.45) is -3.24. The molecule has 6 nitrogen and oxygen atoms in total. The zero-order valence-corrected chi connectivity index (χ0v) is 16.5. The van der Waals surface area contributed by atoms with E-state index in [0.29, 0.717) is 30.9 Å². The van der Waals surface area contributed by atoms with Crippen LogP contribution in [0.4, 0.5) is 17.6 Å². The molecular formula is C15H19F4IN6. The molecule has 0 aliphatic carbocycles. The van der Waals surface area contributed by atoms with Gasteiger partial charge in [-0.3, -0.25) is 4.68 Å². The molecule has 1 aromatic heterocycles. The van der Waals surface area contributed by atoms with Gasteiger partial charge in [-0.2, -0.15) is 18.3 Å². The number of alkyl halides is 3. The number of guanidine groups is 1. The zero-order valence-electron chi connectivity index (χ0n) is 14.1. The lowest BCUT2D eigenvalue weighted by Crippen LogP contribution is -2.37. The molecule has 0 atom stereocenters. The van der Waals surface area contributed by atoms with Crippen LogP contribution >= 0.6 is 24.0 Å². The van der Waals surface area contributed by atoms with E-state index < -0.39 is 17.6 Å². The minimum Gasteiger partial charge on any atom is -0.357 e. The summed E-state index contributed by atoms with van der Waals surface area (Å²) >= 11 is 0. The van der Waals surface area contributed by atoms with Crippen LogP contribution < -0.4 is 10.6 Å². The average molecular weight is 486 g/mol. The molecule has 1 aromatic carbocycles. The smallest absolute Gasteiger partial charge is 0.357 e. The molecule has 0 aliphatic heterocycles. The van der Waals surface area contributed by atoms with Gasteiger partial charge in [0.25, 0.3) is 0 Å². The summed E-state index contributed by atoms with van der Waals surface area (Å²) in [5.74, 6) is 0.0266. The molecule has 0 fully saturated rings. The molecule has 144 valence electrons. The first-order chi connectivity index (χ1) is 11.8. The molecule has 1 heterocycles. The predicted molar refractivity (Wildman–Crippen MR) is 99.5 cm³/mol. The summed E-state index contributed by atoms with van der Waals surface area (Å²) in [5, 5.41) is 9.82. The van der Waals surface area contributed by atoms with Crippen LogP contribution in [0.5, 0.6) is 0 Å². The number of hydrogen-bond donors (Lipinski definition) is 2. The van der Waals surface area contributed by atoms with Crippen molar-refractivity contribution in [3.05, 3.63) is 47.3 Å². The summed E-state index contributed by atoms with van der Waals surface area (Å²) < 4.78 is 53.7. The molecule has 11 heteroatoms. The number of halogens is 5. The molecule has 0 spiro atoms. The molecular weight excluding hydrogens is 467 g/mol. The molecule has 0 bridgehead atoms. The Balaban J connectivity index is 0.00000338. The number of nitrogens with zero attached hydrogens (tertiary/aromatic N) is 4. The van der Waals surface area contributed by atoms with E-state index in [-0.39, 0.29) is 36.1 Å². The summed E-state index contributed by atoms with van der Waals surface area (Å²) in [7, 11) is 1.72. The van der Waals surface area contributed by atoms with Crippen molar-refractivity contribution in [2.45, 2.75) is 26.2 Å². The van der Waals surface area contributed by atoms with Crippen molar-refractivity contribution >= 4 is 29.9 Å². The van der Waals surface area contributed by atoms with E-state index in [4.69, 9.17) is 0 Å². The Labute approximate surface area is 165 Å². The molecule has 2 aromatic rings. The Morgan fingerprint density at radius 3 is 2.58 bits per heavy atom. The number of aryl methyl sites for hydroxylation is 1. The Morgan fingerprint density at radius 1 is 1.27 bits per heavy atom. The van der Waals surface area contributed by atoms with Gasteiger partial charge in [-0.05, 0) is 24.6 Å². The first kappa shape index (κ1) is 22.1. The third-order valence-corrected chi connectivity index (χ3v) is 3.35. The van der Waals surface area contributed by atoms with Crippen LogP contribution in [0.2, 0.25) is 0 Å². The third kappa shape index (κ3) is 6.11. The first-order valence-electron chi connectivity index (χ1n) is 7.52. The van der Waals surface area contributed by atoms with Crippen molar-refractivity contribution in [1.82, 2.24) is 25.4 Å². The second-order valence-corrected chi connectivity index (χ2v) is 5.15. The van der Waals surface area contributed by atoms with Gasteiger partial charge < -0.3 is 10.6 Å². The molecule has 0 unspecified atom stereocenters. The maximum Gasteiger partial charge on any atom is 0.416 e. The van der Waals surface area contributed by atoms with Crippen LogP contribution in [0.1, 0.15) is 23.9 Å². The lowest BCUT2D eigenvalue weighted by atomic mass is 10.1. The van der Waals surface area contributed by atoms with Crippen LogP contribution in [-0.2, 0) is 26.3 Å². The van der Waals surface area contributed by atoms with Gasteiger partial charge in [-0.25, -0.2) is 14.4 Å². The van der Waals surface area contributed by atoms with E-state index >= 15 is 0 Å². The van der Waals surface area contributed by atoms with Gasteiger partial charge >= 0.3 is 6.18 Å². The van der Waals surface area contributed by atoms with E-state index in [1.807, 2.05) is 6.92 Å². The van der Waals surface area contributed by atoms with Crippen LogP contribution in [0.15, 0.2) is 29.5 Å². The number of benzene rings is 1. The highest BCUT2D eigenvalue weighted by Crippen LogP contribution is 2.32. The van der Waals surface area contributed by atoms with Gasteiger partial charge in [0.1, 0.15) is 18.0 Å². The van der Waals surface area contributed by atoms with E-state index in [2.05, 4.69) is 25.7 Å². The number of rotatable bonds is 5. The second kappa shape index (κ2) is 9.69. The van der Waals surface area contributed by atoms with Crippen molar-refractivity contribution in [1.29, 1.82) is 0 Å². The van der Waals surface area contributed by atoms with E-state index in [0.717, 1.165) is 12.1 Å². The average Bonchev–Trinajstić information content (AvgIpc) is 2.95. The van der Waals surface area contributed by atoms with Crippen molar-refractivity contribution in [2.75, 3.05) is 6.54 Å². The molecule has 2 rings (SSSR count).